The summed E-state index contributed by atoms with van der Waals surface area (Å²) in [6, 6.07) is 6.04. The predicted molar refractivity (Wildman–Crippen MR) is 125 cm³/mol. The molecule has 0 spiro atoms. The third-order valence-electron chi connectivity index (χ3n) is 6.00. The molecule has 6 nitrogen and oxygen atoms in total. The van der Waals surface area contributed by atoms with E-state index < -0.39 is 11.9 Å². The first-order valence-electron chi connectivity index (χ1n) is 11.2. The highest BCUT2D eigenvalue weighted by Gasteiger charge is 2.24. The van der Waals surface area contributed by atoms with Crippen LogP contribution < -0.4 is 10.1 Å². The Bertz CT molecular complexity index is 1020. The van der Waals surface area contributed by atoms with Gasteiger partial charge in [-0.3, -0.25) is 4.79 Å². The highest BCUT2D eigenvalue weighted by molar-refractivity contribution is 6.31. The molecule has 0 radical (unpaired) electrons. The number of nitrogens with one attached hydrogen (secondary N) is 1. The molecular weight excluding hydrogens is 470 g/mol. The van der Waals surface area contributed by atoms with Crippen molar-refractivity contribution >= 4 is 35.2 Å². The van der Waals surface area contributed by atoms with Crippen LogP contribution in [0, 0.1) is 5.82 Å². The van der Waals surface area contributed by atoms with Crippen LogP contribution in [0.25, 0.3) is 6.08 Å². The average molecular weight is 497 g/mol. The lowest BCUT2D eigenvalue weighted by atomic mass is 10.0. The maximum Gasteiger partial charge on any atom is 0.287 e. The number of amides is 1. The lowest BCUT2D eigenvalue weighted by Gasteiger charge is -2.32. The number of aliphatic hydroxyl groups is 1. The van der Waals surface area contributed by atoms with Gasteiger partial charge in [-0.2, -0.15) is 0 Å². The largest absolute Gasteiger partial charge is 0.491 e. The van der Waals surface area contributed by atoms with Gasteiger partial charge in [0.2, 0.25) is 0 Å². The summed E-state index contributed by atoms with van der Waals surface area (Å²) in [5, 5.41) is 14.1. The van der Waals surface area contributed by atoms with Crippen molar-refractivity contribution in [3.63, 3.8) is 0 Å². The summed E-state index contributed by atoms with van der Waals surface area (Å²) in [6.45, 7) is 2.46. The molecule has 178 valence electrons. The Morgan fingerprint density at radius 3 is 2.82 bits per heavy atom. The van der Waals surface area contributed by atoms with Crippen LogP contribution in [0.4, 0.5) is 4.39 Å². The first kappa shape index (κ1) is 24.1. The zero-order chi connectivity index (χ0) is 23.4. The molecule has 4 rings (SSSR count). The zero-order valence-corrected chi connectivity index (χ0v) is 19.7. The Balaban J connectivity index is 1.15. The van der Waals surface area contributed by atoms with Gasteiger partial charge in [-0.25, -0.2) is 4.39 Å². The molecule has 1 unspecified atom stereocenters. The summed E-state index contributed by atoms with van der Waals surface area (Å²) in [4.78, 5) is 14.8. The molecular formula is C24H27Cl2FN2O4. The number of furan rings is 1. The van der Waals surface area contributed by atoms with Gasteiger partial charge in [0.25, 0.3) is 5.91 Å². The second-order valence-corrected chi connectivity index (χ2v) is 9.39. The van der Waals surface area contributed by atoms with Crippen LogP contribution in [0.15, 0.2) is 33.7 Å². The minimum Gasteiger partial charge on any atom is -0.491 e. The molecule has 2 aliphatic rings. The number of fused-ring (bicyclic) bond motifs is 1. The van der Waals surface area contributed by atoms with E-state index in [0.717, 1.165) is 55.3 Å². The maximum atomic E-state index is 13.5. The topological polar surface area (TPSA) is 74.9 Å². The smallest absolute Gasteiger partial charge is 0.287 e. The molecule has 1 fully saturated rings. The standard InChI is InChI=1S/C24H27Cl2FN2O4/c25-16-1-4-22-15(11-16)12-23(33-22)24(31)28-17-5-8-29(9-6-17)10-7-18(30)14-32-19-2-3-20(26)21(27)13-19/h2-3,11-13,17-18,30H,1,4-10,14H2,(H,28,31). The molecule has 1 aliphatic carbocycles. The third kappa shape index (κ3) is 6.51. The van der Waals surface area contributed by atoms with E-state index in [1.165, 1.54) is 12.1 Å². The van der Waals surface area contributed by atoms with E-state index in [0.29, 0.717) is 24.4 Å². The van der Waals surface area contributed by atoms with Gasteiger partial charge in [0, 0.05) is 48.8 Å². The van der Waals surface area contributed by atoms with Crippen LogP contribution in [-0.2, 0) is 6.42 Å². The summed E-state index contributed by atoms with van der Waals surface area (Å²) in [6.07, 6.45) is 4.84. The van der Waals surface area contributed by atoms with Crippen molar-refractivity contribution in [3.05, 3.63) is 57.2 Å². The minimum absolute atomic E-state index is 0.0350. The number of nitrogens with zero attached hydrogens (tertiary/aromatic N) is 1. The second kappa shape index (κ2) is 10.9. The summed E-state index contributed by atoms with van der Waals surface area (Å²) in [7, 11) is 0. The van der Waals surface area contributed by atoms with Crippen LogP contribution in [0.3, 0.4) is 0 Å². The number of aliphatic hydroxyl groups excluding tert-OH is 1. The van der Waals surface area contributed by atoms with Gasteiger partial charge in [-0.05, 0) is 50.0 Å². The number of halogens is 3. The number of ether oxygens (including phenoxy) is 1. The predicted octanol–water partition coefficient (Wildman–Crippen LogP) is 4.62. The molecule has 2 N–H and O–H groups in total. The fourth-order valence-corrected chi connectivity index (χ4v) is 4.41. The van der Waals surface area contributed by atoms with E-state index in [4.69, 9.17) is 32.4 Å². The van der Waals surface area contributed by atoms with Crippen LogP contribution in [-0.4, -0.2) is 54.3 Å². The van der Waals surface area contributed by atoms with E-state index in [1.54, 1.807) is 12.1 Å². The van der Waals surface area contributed by atoms with Crippen molar-refractivity contribution in [1.82, 2.24) is 10.2 Å². The van der Waals surface area contributed by atoms with E-state index >= 15 is 0 Å². The minimum atomic E-state index is -0.659. The molecule has 1 saturated heterocycles. The highest BCUT2D eigenvalue weighted by atomic mass is 35.5. The maximum absolute atomic E-state index is 13.5. The molecule has 1 atom stereocenters. The normalized spacial score (nSPS) is 17.9. The first-order chi connectivity index (χ1) is 15.9. The van der Waals surface area contributed by atoms with Crippen LogP contribution in [0.1, 0.15) is 47.6 Å². The number of piperidine rings is 1. The van der Waals surface area contributed by atoms with E-state index in [-0.39, 0.29) is 23.6 Å². The Hall–Kier alpha value is -2.06. The average Bonchev–Trinajstić information content (AvgIpc) is 3.23. The Kier molecular flexibility index (Phi) is 7.96. The molecule has 1 aliphatic heterocycles. The van der Waals surface area contributed by atoms with Gasteiger partial charge in [0.15, 0.2) is 5.76 Å². The quantitative estimate of drug-likeness (QED) is 0.557. The van der Waals surface area contributed by atoms with Gasteiger partial charge in [-0.1, -0.05) is 23.2 Å². The molecule has 33 heavy (non-hydrogen) atoms. The molecule has 0 bridgehead atoms. The van der Waals surface area contributed by atoms with Gasteiger partial charge < -0.3 is 24.5 Å². The van der Waals surface area contributed by atoms with Gasteiger partial charge in [0.1, 0.15) is 23.9 Å². The number of carbonyl (C=O) groups is 1. The summed E-state index contributed by atoms with van der Waals surface area (Å²) >= 11 is 11.7. The molecule has 1 aromatic carbocycles. The van der Waals surface area contributed by atoms with Crippen molar-refractivity contribution < 1.29 is 23.4 Å². The molecule has 2 heterocycles. The molecule has 1 aromatic heterocycles. The van der Waals surface area contributed by atoms with Crippen molar-refractivity contribution in [2.45, 2.75) is 44.2 Å². The highest BCUT2D eigenvalue weighted by Crippen LogP contribution is 2.29. The van der Waals surface area contributed by atoms with Crippen molar-refractivity contribution in [2.75, 3.05) is 26.2 Å². The fraction of sp³-hybridized carbons (Fsp3) is 0.458. The lowest BCUT2D eigenvalue weighted by Crippen LogP contribution is -2.45. The van der Waals surface area contributed by atoms with E-state index in [2.05, 4.69) is 10.2 Å². The number of aryl methyl sites for hydroxylation is 1. The number of benzene rings is 1. The van der Waals surface area contributed by atoms with Gasteiger partial charge in [0.05, 0.1) is 11.1 Å². The van der Waals surface area contributed by atoms with Crippen molar-refractivity contribution in [1.29, 1.82) is 0 Å². The lowest BCUT2D eigenvalue weighted by molar-refractivity contribution is 0.0790. The molecule has 0 saturated carbocycles. The summed E-state index contributed by atoms with van der Waals surface area (Å²) in [5.41, 5.74) is 0.884. The Labute approximate surface area is 202 Å². The summed E-state index contributed by atoms with van der Waals surface area (Å²) in [5.74, 6) is 0.728. The Morgan fingerprint density at radius 2 is 2.06 bits per heavy atom. The van der Waals surface area contributed by atoms with Gasteiger partial charge in [-0.15, -0.1) is 0 Å². The van der Waals surface area contributed by atoms with Crippen LogP contribution >= 0.6 is 23.2 Å². The van der Waals surface area contributed by atoms with Crippen molar-refractivity contribution in [2.24, 2.45) is 0 Å². The molecule has 2 aromatic rings. The zero-order valence-electron chi connectivity index (χ0n) is 18.2. The number of likely N-dealkylation sites (tertiary alicyclic amines) is 1. The Morgan fingerprint density at radius 1 is 1.27 bits per heavy atom. The number of rotatable bonds is 8. The van der Waals surface area contributed by atoms with Gasteiger partial charge >= 0.3 is 0 Å². The van der Waals surface area contributed by atoms with Crippen LogP contribution in [0.2, 0.25) is 5.02 Å². The number of hydrogen-bond acceptors (Lipinski definition) is 5. The first-order valence-corrected chi connectivity index (χ1v) is 11.9. The number of hydrogen-bond donors (Lipinski definition) is 2. The second-order valence-electron chi connectivity index (χ2n) is 8.50. The summed E-state index contributed by atoms with van der Waals surface area (Å²) < 4.78 is 24.6. The monoisotopic (exact) mass is 496 g/mol. The number of carbonyl (C=O) groups excluding carboxylic acids is 1. The molecule has 9 heteroatoms. The number of allylic oxidation sites excluding steroid dienone is 1. The molecule has 1 amide bonds. The fourth-order valence-electron chi connectivity index (χ4n) is 4.08. The van der Waals surface area contributed by atoms with Crippen molar-refractivity contribution in [3.8, 4) is 5.75 Å². The van der Waals surface area contributed by atoms with Crippen LogP contribution in [0.5, 0.6) is 5.75 Å². The van der Waals surface area contributed by atoms with E-state index in [9.17, 15) is 14.3 Å². The van der Waals surface area contributed by atoms with E-state index in [1.807, 2.05) is 6.08 Å². The third-order valence-corrected chi connectivity index (χ3v) is 6.61. The SMILES string of the molecule is O=C(NC1CCN(CCC(O)COc2ccc(Cl)c(F)c2)CC1)c1cc2c(o1)CCC(Cl)=C2.